The van der Waals surface area contributed by atoms with Gasteiger partial charge in [-0.05, 0) is 0 Å². The van der Waals surface area contributed by atoms with Crippen molar-refractivity contribution in [2.75, 3.05) is 0 Å². The Morgan fingerprint density at radius 3 is 0.385 bits per heavy atom. The van der Waals surface area contributed by atoms with Crippen molar-refractivity contribution in [3.63, 3.8) is 0 Å². The molecule has 0 aliphatic rings. The van der Waals surface area contributed by atoms with Crippen LogP contribution in [-0.2, 0) is 37.7 Å². The standard InChI is InChI=1S/4Ca.Mg.4H3O4P.Zn.10H/c;;;;;4*1-5(2,3)4;;;;;;;;;;;/h;;;;;4*(H3,1,2,3,4);;;;;;;;;;;/q5*+2;;;;;;10*-1. The minimum absolute atomic E-state index is 0. The number of rotatable bonds is 0. The van der Waals surface area contributed by atoms with Crippen LogP contribution >= 0.6 is 31.3 Å². The van der Waals surface area contributed by atoms with Crippen LogP contribution in [0.1, 0.15) is 14.3 Å². The minimum atomic E-state index is -4.64. The van der Waals surface area contributed by atoms with Crippen LogP contribution < -0.4 is 0 Å². The van der Waals surface area contributed by atoms with Crippen molar-refractivity contribution < 1.29 is 111 Å². The third-order valence-electron chi connectivity index (χ3n) is 0. The molecule has 150 valence electrons. The van der Waals surface area contributed by atoms with Gasteiger partial charge in [0.25, 0.3) is 0 Å². The molecule has 0 aromatic heterocycles. The second kappa shape index (κ2) is 31.9. The molecule has 0 aliphatic heterocycles. The van der Waals surface area contributed by atoms with E-state index in [0.29, 0.717) is 0 Å². The monoisotopic (exact) mass is 650 g/mol. The van der Waals surface area contributed by atoms with Crippen molar-refractivity contribution in [3.05, 3.63) is 0 Å². The van der Waals surface area contributed by atoms with Crippen molar-refractivity contribution in [1.29, 1.82) is 0 Å². The molecule has 12 N–H and O–H groups in total. The molecule has 0 aliphatic carbocycles. The summed E-state index contributed by atoms with van der Waals surface area (Å²) in [5.74, 6) is 0. The van der Waals surface area contributed by atoms with E-state index < -0.39 is 31.3 Å². The van der Waals surface area contributed by atoms with Crippen molar-refractivity contribution in [2.45, 2.75) is 0 Å². The van der Waals surface area contributed by atoms with Crippen LogP contribution in [0.2, 0.25) is 0 Å². The maximum atomic E-state index is 8.88. The van der Waals surface area contributed by atoms with Crippen LogP contribution in [0, 0.1) is 0 Å². The van der Waals surface area contributed by atoms with Crippen molar-refractivity contribution in [1.82, 2.24) is 0 Å². The molecule has 0 fully saturated rings. The van der Waals surface area contributed by atoms with E-state index in [2.05, 4.69) is 0 Å². The topological polar surface area (TPSA) is 311 Å². The molecule has 0 saturated carbocycles. The van der Waals surface area contributed by atoms with Crippen LogP contribution in [-0.4, -0.2) is 233 Å². The maximum Gasteiger partial charge on any atom is 2.00 e. The van der Waals surface area contributed by atoms with Crippen molar-refractivity contribution in [3.8, 4) is 0 Å². The van der Waals surface area contributed by atoms with Gasteiger partial charge in [-0.25, -0.2) is 18.3 Å². The van der Waals surface area contributed by atoms with Gasteiger partial charge in [-0.3, -0.25) is 0 Å². The first kappa shape index (κ1) is 63.8. The van der Waals surface area contributed by atoms with E-state index in [4.69, 9.17) is 77.0 Å². The fraction of sp³-hybridized carbons (Fsp3) is 0. The Labute approximate surface area is 310 Å². The third-order valence-corrected chi connectivity index (χ3v) is 0. The van der Waals surface area contributed by atoms with Gasteiger partial charge >= 0.3 is 205 Å². The molecule has 0 saturated heterocycles. The van der Waals surface area contributed by atoms with E-state index in [-0.39, 0.29) is 208 Å². The average molecular weight is 652 g/mol. The molecule has 0 heterocycles. The first-order valence-electron chi connectivity index (χ1n) is 3.13. The number of hydrogen-bond acceptors (Lipinski definition) is 4. The summed E-state index contributed by atoms with van der Waals surface area (Å²) in [7, 11) is -18.6. The molecular weight excluding hydrogens is 630 g/mol. The molecule has 0 radical (unpaired) electrons. The predicted octanol–water partition coefficient (Wildman–Crippen LogP) is -4.50. The van der Waals surface area contributed by atoms with Crippen LogP contribution in [0.15, 0.2) is 0 Å². The zero-order valence-corrected chi connectivity index (χ0v) is 29.8. The largest absolute Gasteiger partial charge is 2.00 e. The predicted molar refractivity (Wildman–Crippen MR) is 96.9 cm³/mol. The van der Waals surface area contributed by atoms with Gasteiger partial charge in [0, 0.05) is 19.5 Å². The summed E-state index contributed by atoms with van der Waals surface area (Å²) in [4.78, 5) is 86.2. The summed E-state index contributed by atoms with van der Waals surface area (Å²) in [6.07, 6.45) is 0. The smallest absolute Gasteiger partial charge is 1.00 e. The van der Waals surface area contributed by atoms with Crippen LogP contribution in [0.5, 0.6) is 0 Å². The van der Waals surface area contributed by atoms with Gasteiger partial charge in [-0.2, -0.15) is 0 Å². The Morgan fingerprint density at radius 2 is 0.385 bits per heavy atom. The van der Waals surface area contributed by atoms with E-state index in [9.17, 15) is 0 Å². The normalized spacial score (nSPS) is 9.08. The van der Waals surface area contributed by atoms with Crippen LogP contribution in [0.25, 0.3) is 0 Å². The van der Waals surface area contributed by atoms with Crippen LogP contribution in [0.3, 0.4) is 0 Å². The van der Waals surface area contributed by atoms with Gasteiger partial charge in [0.15, 0.2) is 0 Å². The summed E-state index contributed by atoms with van der Waals surface area (Å²) in [5, 5.41) is 0. The average Bonchev–Trinajstić information content (AvgIpc) is 1.62. The molecule has 0 atom stereocenters. The van der Waals surface area contributed by atoms with Gasteiger partial charge in [0.05, 0.1) is 0 Å². The molecule has 0 unspecified atom stereocenters. The Morgan fingerprint density at radius 1 is 0.385 bits per heavy atom. The van der Waals surface area contributed by atoms with E-state index in [0.717, 1.165) is 0 Å². The van der Waals surface area contributed by atoms with E-state index in [1.54, 1.807) is 0 Å². The molecule has 16 nitrogen and oxygen atoms in total. The first-order valence-corrected chi connectivity index (χ1v) is 9.39. The molecule has 26 heteroatoms. The fourth-order valence-electron chi connectivity index (χ4n) is 0. The quantitative estimate of drug-likeness (QED) is 0.0867. The van der Waals surface area contributed by atoms with E-state index in [1.165, 1.54) is 0 Å². The zero-order chi connectivity index (χ0) is 18.0. The number of hydrogen-bond donors (Lipinski definition) is 12. The molecule has 0 rings (SSSR count). The second-order valence-corrected chi connectivity index (χ2v) is 6.16. The Kier molecular flexibility index (Phi) is 78.2. The van der Waals surface area contributed by atoms with E-state index in [1.807, 2.05) is 0 Å². The van der Waals surface area contributed by atoms with Gasteiger partial charge < -0.3 is 73.0 Å². The second-order valence-electron chi connectivity index (χ2n) is 2.05. The molecule has 0 aromatic carbocycles. The Bertz CT molecular complexity index is 338. The minimum Gasteiger partial charge on any atom is -1.00 e. The van der Waals surface area contributed by atoms with Gasteiger partial charge in [0.2, 0.25) is 0 Å². The molecule has 0 bridgehead atoms. The Hall–Kier alpha value is 6.87. The molecule has 0 aromatic rings. The molecule has 26 heavy (non-hydrogen) atoms. The van der Waals surface area contributed by atoms with Crippen LogP contribution in [0.4, 0.5) is 0 Å². The fourth-order valence-corrected chi connectivity index (χ4v) is 0. The summed E-state index contributed by atoms with van der Waals surface area (Å²) in [6, 6.07) is 0. The van der Waals surface area contributed by atoms with Gasteiger partial charge in [-0.15, -0.1) is 0 Å². The first-order chi connectivity index (χ1) is 8.00. The maximum absolute atomic E-state index is 8.88. The third kappa shape index (κ3) is 584. The zero-order valence-electron chi connectivity index (χ0n) is 23.0. The van der Waals surface area contributed by atoms with Gasteiger partial charge in [0.1, 0.15) is 0 Å². The number of phosphoric acid groups is 4. The summed E-state index contributed by atoms with van der Waals surface area (Å²) < 4.78 is 35.5. The summed E-state index contributed by atoms with van der Waals surface area (Å²) >= 11 is 0. The summed E-state index contributed by atoms with van der Waals surface area (Å²) in [6.45, 7) is 0. The SMILES string of the molecule is O=P(O)(O)O.O=P(O)(O)O.O=P(O)(O)O.O=P(O)(O)O.[Ca+2].[Ca+2].[Ca+2].[Ca+2].[H-].[H-].[H-].[H-].[H-].[H-].[H-].[H-].[H-].[H-].[Mg+2].[Zn]. The van der Waals surface area contributed by atoms with Crippen molar-refractivity contribution in [2.24, 2.45) is 0 Å². The Balaban J connectivity index is -0.00000000459. The molecule has 0 amide bonds. The molecule has 0 spiro atoms. The molecular formula is H22Ca4MgO16P4Zn. The van der Waals surface area contributed by atoms with Gasteiger partial charge in [-0.1, -0.05) is 0 Å². The van der Waals surface area contributed by atoms with E-state index >= 15 is 0 Å². The summed E-state index contributed by atoms with van der Waals surface area (Å²) in [5.41, 5.74) is 0. The van der Waals surface area contributed by atoms with Crippen molar-refractivity contribution >= 4 is 205 Å².